The Morgan fingerprint density at radius 1 is 0.611 bits per heavy atom. The maximum absolute atomic E-state index is 11.1. The van der Waals surface area contributed by atoms with Crippen LogP contribution in [0.15, 0.2) is 78.9 Å². The molecule has 0 bridgehead atoms. The Morgan fingerprint density at radius 2 is 1.17 bits per heavy atom. The van der Waals surface area contributed by atoms with Crippen molar-refractivity contribution in [2.24, 2.45) is 0 Å². The summed E-state index contributed by atoms with van der Waals surface area (Å²) >= 11 is 0. The topological polar surface area (TPSA) is 131 Å². The predicted molar refractivity (Wildman–Crippen MR) is 133 cm³/mol. The molecule has 36 heavy (non-hydrogen) atoms. The van der Waals surface area contributed by atoms with Crippen molar-refractivity contribution in [1.29, 1.82) is 0 Å². The van der Waals surface area contributed by atoms with E-state index in [1.165, 1.54) is 12.1 Å². The lowest BCUT2D eigenvalue weighted by Crippen LogP contribution is -2.19. The van der Waals surface area contributed by atoms with Gasteiger partial charge in [-0.05, 0) is 64.7 Å². The minimum absolute atomic E-state index is 0.0969. The molecule has 0 unspecified atom stereocenters. The maximum Gasteiger partial charge on any atom is 0.123 e. The van der Waals surface area contributed by atoms with Crippen LogP contribution in [0.4, 0.5) is 0 Å². The van der Waals surface area contributed by atoms with Gasteiger partial charge >= 0.3 is 0 Å². The fraction of sp³-hybridized carbons (Fsp3) is 0.172. The monoisotopic (exact) mass is 486 g/mol. The number of aromatic hydroxyl groups is 6. The Hall–Kier alpha value is -4.36. The number of hydrogen-bond donors (Lipinski definition) is 6. The van der Waals surface area contributed by atoms with Crippen molar-refractivity contribution in [3.05, 3.63) is 107 Å². The summed E-state index contributed by atoms with van der Waals surface area (Å²) in [5.74, 6) is -1.65. The van der Waals surface area contributed by atoms with Crippen molar-refractivity contribution in [2.75, 3.05) is 7.11 Å². The van der Waals surface area contributed by atoms with E-state index in [0.29, 0.717) is 16.7 Å². The van der Waals surface area contributed by atoms with Gasteiger partial charge in [0.25, 0.3) is 0 Å². The summed E-state index contributed by atoms with van der Waals surface area (Å²) in [4.78, 5) is 0. The van der Waals surface area contributed by atoms with Crippen LogP contribution in [0.5, 0.6) is 34.5 Å². The molecule has 4 atom stereocenters. The van der Waals surface area contributed by atoms with E-state index in [2.05, 4.69) is 0 Å². The summed E-state index contributed by atoms with van der Waals surface area (Å²) in [5.41, 5.74) is 3.36. The average Bonchev–Trinajstić information content (AvgIpc) is 3.16. The zero-order chi connectivity index (χ0) is 25.6. The highest BCUT2D eigenvalue weighted by Gasteiger charge is 2.48. The molecule has 0 radical (unpaired) electrons. The number of rotatable bonds is 5. The summed E-state index contributed by atoms with van der Waals surface area (Å²) in [6.07, 6.45) is -0.555. The number of fused-ring (bicyclic) bond motifs is 1. The molecule has 0 spiro atoms. The van der Waals surface area contributed by atoms with Gasteiger partial charge in [0, 0.05) is 42.6 Å². The third kappa shape index (κ3) is 4.03. The lowest BCUT2D eigenvalue weighted by atomic mass is 9.75. The van der Waals surface area contributed by atoms with E-state index < -0.39 is 23.9 Å². The molecule has 0 saturated carbocycles. The van der Waals surface area contributed by atoms with Gasteiger partial charge in [0.05, 0.1) is 6.10 Å². The second-order valence-corrected chi connectivity index (χ2v) is 9.12. The number of benzene rings is 4. The fourth-order valence-electron chi connectivity index (χ4n) is 5.61. The van der Waals surface area contributed by atoms with Gasteiger partial charge in [0.1, 0.15) is 34.5 Å². The first-order chi connectivity index (χ1) is 17.3. The summed E-state index contributed by atoms with van der Waals surface area (Å²) in [6.45, 7) is 0. The number of hydrogen-bond acceptors (Lipinski definition) is 7. The van der Waals surface area contributed by atoms with Gasteiger partial charge in [-0.3, -0.25) is 0 Å². The average molecular weight is 487 g/mol. The van der Waals surface area contributed by atoms with Gasteiger partial charge < -0.3 is 35.4 Å². The maximum atomic E-state index is 11.1. The van der Waals surface area contributed by atoms with Crippen molar-refractivity contribution in [3.8, 4) is 34.5 Å². The van der Waals surface area contributed by atoms with Crippen LogP contribution in [0.3, 0.4) is 0 Å². The summed E-state index contributed by atoms with van der Waals surface area (Å²) in [5, 5.41) is 61.9. The van der Waals surface area contributed by atoms with Gasteiger partial charge in [0.15, 0.2) is 0 Å². The largest absolute Gasteiger partial charge is 0.508 e. The first-order valence-corrected chi connectivity index (χ1v) is 11.5. The van der Waals surface area contributed by atoms with E-state index in [4.69, 9.17) is 4.74 Å². The molecule has 0 amide bonds. The van der Waals surface area contributed by atoms with E-state index in [9.17, 15) is 30.6 Å². The Kier molecular flexibility index (Phi) is 5.86. The summed E-state index contributed by atoms with van der Waals surface area (Å²) in [6, 6.07) is 20.6. The predicted octanol–water partition coefficient (Wildman–Crippen LogP) is 5.32. The lowest BCUT2D eigenvalue weighted by Gasteiger charge is -2.32. The smallest absolute Gasteiger partial charge is 0.123 e. The van der Waals surface area contributed by atoms with Gasteiger partial charge in [-0.1, -0.05) is 24.3 Å². The van der Waals surface area contributed by atoms with Crippen molar-refractivity contribution in [1.82, 2.24) is 0 Å². The van der Waals surface area contributed by atoms with Crippen LogP contribution in [-0.2, 0) is 4.74 Å². The van der Waals surface area contributed by atoms with E-state index in [1.807, 2.05) is 0 Å². The molecule has 0 fully saturated rings. The third-order valence-electron chi connectivity index (χ3n) is 6.95. The molecule has 7 heteroatoms. The molecule has 0 aliphatic heterocycles. The molecule has 6 N–H and O–H groups in total. The van der Waals surface area contributed by atoms with Gasteiger partial charge in [0.2, 0.25) is 0 Å². The zero-order valence-corrected chi connectivity index (χ0v) is 19.4. The Morgan fingerprint density at radius 3 is 1.75 bits per heavy atom. The lowest BCUT2D eigenvalue weighted by molar-refractivity contribution is 0.0718. The van der Waals surface area contributed by atoms with E-state index in [1.54, 1.807) is 73.8 Å². The molecule has 4 aromatic carbocycles. The van der Waals surface area contributed by atoms with E-state index >= 15 is 0 Å². The molecular formula is C29H26O7. The van der Waals surface area contributed by atoms with Gasteiger partial charge in [-0.2, -0.15) is 0 Å². The molecule has 0 heterocycles. The molecule has 0 aromatic heterocycles. The highest BCUT2D eigenvalue weighted by molar-refractivity contribution is 5.61. The Labute approximate surface area is 207 Å². The summed E-state index contributed by atoms with van der Waals surface area (Å²) in [7, 11) is 1.57. The SMILES string of the molecule is CO[C@H](c1ccc(O)cc1)[C@H]1c2cc(O)cc(O)c2[C@@H](c2cc(O)cc(O)c2)[C@@H]1c1ccc(O)cc1. The molecule has 5 rings (SSSR count). The van der Waals surface area contributed by atoms with Crippen LogP contribution in [-0.4, -0.2) is 37.7 Å². The molecule has 1 aliphatic carbocycles. The molecule has 184 valence electrons. The molecule has 1 aliphatic rings. The van der Waals surface area contributed by atoms with Crippen LogP contribution >= 0.6 is 0 Å². The fourth-order valence-corrected chi connectivity index (χ4v) is 5.61. The van der Waals surface area contributed by atoms with Crippen LogP contribution in [0.25, 0.3) is 0 Å². The van der Waals surface area contributed by atoms with Crippen molar-refractivity contribution in [2.45, 2.75) is 23.9 Å². The first kappa shape index (κ1) is 23.4. The normalized spacial score (nSPS) is 19.6. The highest BCUT2D eigenvalue weighted by atomic mass is 16.5. The van der Waals surface area contributed by atoms with Gasteiger partial charge in [-0.25, -0.2) is 0 Å². The number of ether oxygens (including phenoxy) is 1. The van der Waals surface area contributed by atoms with Crippen molar-refractivity contribution >= 4 is 0 Å². The second kappa shape index (κ2) is 9.02. The quantitative estimate of drug-likeness (QED) is 0.225. The van der Waals surface area contributed by atoms with Crippen LogP contribution in [0.2, 0.25) is 0 Å². The number of methoxy groups -OCH3 is 1. The minimum Gasteiger partial charge on any atom is -0.508 e. The van der Waals surface area contributed by atoms with Crippen LogP contribution < -0.4 is 0 Å². The number of phenols is 6. The second-order valence-electron chi connectivity index (χ2n) is 9.12. The Bertz CT molecular complexity index is 1380. The van der Waals surface area contributed by atoms with Crippen molar-refractivity contribution in [3.63, 3.8) is 0 Å². The van der Waals surface area contributed by atoms with Crippen LogP contribution in [0, 0.1) is 0 Å². The molecular weight excluding hydrogens is 460 g/mol. The number of phenolic OH excluding ortho intramolecular Hbond substituents is 6. The minimum atomic E-state index is -0.555. The zero-order valence-electron chi connectivity index (χ0n) is 19.4. The third-order valence-corrected chi connectivity index (χ3v) is 6.95. The van der Waals surface area contributed by atoms with Crippen molar-refractivity contribution < 1.29 is 35.4 Å². The standard InChI is InChI=1S/C29H26O7/c1-36-29(16-4-8-19(31)9-5-16)28-23-13-22(34)14-24(35)27(23)26(17-10-20(32)12-21(33)11-17)25(28)15-2-6-18(30)7-3-15/h2-14,25-26,28-35H,1H3/t25-,26-,28-,29+/m0/s1. The van der Waals surface area contributed by atoms with E-state index in [0.717, 1.165) is 11.1 Å². The van der Waals surface area contributed by atoms with E-state index in [-0.39, 0.29) is 34.5 Å². The van der Waals surface area contributed by atoms with Crippen LogP contribution in [0.1, 0.15) is 51.7 Å². The molecule has 7 nitrogen and oxygen atoms in total. The van der Waals surface area contributed by atoms with Gasteiger partial charge in [-0.15, -0.1) is 0 Å². The summed E-state index contributed by atoms with van der Waals surface area (Å²) < 4.78 is 6.01. The first-order valence-electron chi connectivity index (χ1n) is 11.5. The highest BCUT2D eigenvalue weighted by Crippen LogP contribution is 2.62. The Balaban J connectivity index is 1.80. The molecule has 4 aromatic rings. The molecule has 0 saturated heterocycles.